The van der Waals surface area contributed by atoms with Gasteiger partial charge in [0.25, 0.3) is 5.03 Å². The lowest BCUT2D eigenvalue weighted by Crippen LogP contribution is -2.36. The number of carbonyl (C=O) groups excluding carboxylic acids is 1. The fourth-order valence-corrected chi connectivity index (χ4v) is 3.38. The van der Waals surface area contributed by atoms with Crippen LogP contribution in [0.15, 0.2) is 64.1 Å². The standard InChI is InChI=1S/C21H23N3O4S/c1-3-4-14-27-18-12-10-16(11-13-18)22-19(25)15(2)29-20-21(26)28-23-24(20)17-8-6-5-7-9-17/h5-13,15H,3-4,14H2,1-2H3,(H-,22,23,25,26). The molecule has 0 fully saturated rings. The first-order valence-electron chi connectivity index (χ1n) is 9.43. The van der Waals surface area contributed by atoms with Crippen molar-refractivity contribution in [2.24, 2.45) is 0 Å². The average molecular weight is 413 g/mol. The summed E-state index contributed by atoms with van der Waals surface area (Å²) < 4.78 is 11.8. The quantitative estimate of drug-likeness (QED) is 0.329. The van der Waals surface area contributed by atoms with Crippen LogP contribution >= 0.6 is 11.8 Å². The number of nitrogens with zero attached hydrogens (tertiary/aromatic N) is 2. The Morgan fingerprint density at radius 2 is 1.97 bits per heavy atom. The van der Waals surface area contributed by atoms with E-state index in [1.807, 2.05) is 30.3 Å². The molecular formula is C21H23N3O4S. The highest BCUT2D eigenvalue weighted by molar-refractivity contribution is 8.00. The molecule has 0 radical (unpaired) electrons. The Labute approximate surface area is 173 Å². The highest BCUT2D eigenvalue weighted by Crippen LogP contribution is 2.28. The summed E-state index contributed by atoms with van der Waals surface area (Å²) in [6.07, 6.45) is 2.08. The summed E-state index contributed by atoms with van der Waals surface area (Å²) in [6.45, 7) is 4.51. The largest absolute Gasteiger partial charge is 0.538 e. The molecular weight excluding hydrogens is 390 g/mol. The number of benzene rings is 2. The van der Waals surface area contributed by atoms with Gasteiger partial charge in [-0.15, -0.1) is 0 Å². The second-order valence-corrected chi connectivity index (χ2v) is 7.72. The molecule has 1 atom stereocenters. The third-order valence-electron chi connectivity index (χ3n) is 4.12. The van der Waals surface area contributed by atoms with E-state index < -0.39 is 11.2 Å². The average Bonchev–Trinajstić information content (AvgIpc) is 3.10. The third kappa shape index (κ3) is 5.51. The molecule has 8 heteroatoms. The van der Waals surface area contributed by atoms with Crippen LogP contribution in [-0.4, -0.2) is 23.0 Å². The van der Waals surface area contributed by atoms with Crippen LogP contribution in [-0.2, 0) is 4.79 Å². The van der Waals surface area contributed by atoms with Crippen molar-refractivity contribution in [3.63, 3.8) is 0 Å². The number of amides is 1. The molecule has 0 saturated heterocycles. The Bertz CT molecular complexity index is 929. The molecule has 0 bridgehead atoms. The van der Waals surface area contributed by atoms with Gasteiger partial charge in [-0.05, 0) is 54.1 Å². The summed E-state index contributed by atoms with van der Waals surface area (Å²) in [5.41, 5.74) is 1.35. The molecule has 1 N–H and O–H groups in total. The van der Waals surface area contributed by atoms with Crippen LogP contribution < -0.4 is 19.8 Å². The Morgan fingerprint density at radius 1 is 1.24 bits per heavy atom. The van der Waals surface area contributed by atoms with Gasteiger partial charge in [-0.1, -0.05) is 31.5 Å². The minimum Gasteiger partial charge on any atom is -0.538 e. The van der Waals surface area contributed by atoms with Gasteiger partial charge in [-0.2, -0.15) is 0 Å². The van der Waals surface area contributed by atoms with Crippen LogP contribution in [0.3, 0.4) is 0 Å². The summed E-state index contributed by atoms with van der Waals surface area (Å²) in [5.74, 6) is -0.0369. The molecule has 0 aliphatic rings. The van der Waals surface area contributed by atoms with Crippen LogP contribution in [0.25, 0.3) is 5.69 Å². The normalized spacial score (nSPS) is 11.8. The zero-order valence-electron chi connectivity index (χ0n) is 16.3. The molecule has 7 nitrogen and oxygen atoms in total. The number of hydrogen-bond donors (Lipinski definition) is 1. The monoisotopic (exact) mass is 413 g/mol. The van der Waals surface area contributed by atoms with E-state index >= 15 is 0 Å². The molecule has 0 aliphatic carbocycles. The number of rotatable bonds is 9. The number of thioether (sulfide) groups is 1. The summed E-state index contributed by atoms with van der Waals surface area (Å²) in [4.78, 5) is 12.6. The van der Waals surface area contributed by atoms with Crippen molar-refractivity contribution in [1.82, 2.24) is 5.27 Å². The third-order valence-corrected chi connectivity index (χ3v) is 5.25. The molecule has 0 spiro atoms. The number of aromatic nitrogens is 2. The van der Waals surface area contributed by atoms with E-state index in [2.05, 4.69) is 17.5 Å². The van der Waals surface area contributed by atoms with Gasteiger partial charge in [0.15, 0.2) is 5.95 Å². The molecule has 1 unspecified atom stereocenters. The first-order valence-corrected chi connectivity index (χ1v) is 10.3. The van der Waals surface area contributed by atoms with Crippen molar-refractivity contribution in [3.05, 3.63) is 54.6 Å². The lowest BCUT2D eigenvalue weighted by Gasteiger charge is -2.11. The van der Waals surface area contributed by atoms with Crippen molar-refractivity contribution < 1.29 is 23.8 Å². The highest BCUT2D eigenvalue weighted by Gasteiger charge is 2.26. The Hall–Kier alpha value is -3.00. The minimum absolute atomic E-state index is 0.227. The second kappa shape index (κ2) is 9.97. The molecule has 0 aliphatic heterocycles. The first-order chi connectivity index (χ1) is 14.1. The van der Waals surface area contributed by atoms with Gasteiger partial charge in [0.2, 0.25) is 11.6 Å². The highest BCUT2D eigenvalue weighted by atomic mass is 32.2. The number of hydrogen-bond acceptors (Lipinski definition) is 6. The van der Waals surface area contributed by atoms with Gasteiger partial charge in [0.05, 0.1) is 17.1 Å². The molecule has 3 rings (SSSR count). The number of anilines is 1. The molecule has 1 aromatic heterocycles. The van der Waals surface area contributed by atoms with E-state index in [-0.39, 0.29) is 10.9 Å². The van der Waals surface area contributed by atoms with Crippen LogP contribution in [0.2, 0.25) is 0 Å². The van der Waals surface area contributed by atoms with Crippen LogP contribution in [0.1, 0.15) is 26.7 Å². The topological polar surface area (TPSA) is 91.3 Å². The fourth-order valence-electron chi connectivity index (χ4n) is 2.51. The SMILES string of the molecule is CCCCOc1ccc(NC(=O)C(C)Sc2c([O-])on[n+]2-c2ccccc2)cc1. The van der Waals surface area contributed by atoms with Gasteiger partial charge in [0.1, 0.15) is 5.75 Å². The van der Waals surface area contributed by atoms with Gasteiger partial charge >= 0.3 is 0 Å². The van der Waals surface area contributed by atoms with Crippen molar-refractivity contribution in [1.29, 1.82) is 0 Å². The number of para-hydroxylation sites is 1. The van der Waals surface area contributed by atoms with Crippen LogP contribution in [0.4, 0.5) is 5.69 Å². The molecule has 1 heterocycles. The van der Waals surface area contributed by atoms with Crippen molar-refractivity contribution >= 4 is 23.4 Å². The zero-order valence-corrected chi connectivity index (χ0v) is 17.1. The summed E-state index contributed by atoms with van der Waals surface area (Å²) in [6, 6.07) is 16.4. The Morgan fingerprint density at radius 3 is 2.66 bits per heavy atom. The van der Waals surface area contributed by atoms with E-state index in [9.17, 15) is 9.90 Å². The Kier molecular flexibility index (Phi) is 7.13. The number of unbranched alkanes of at least 4 members (excludes halogenated alkanes) is 1. The summed E-state index contributed by atoms with van der Waals surface area (Å²) in [5, 5.41) is 18.4. The van der Waals surface area contributed by atoms with Gasteiger partial charge in [-0.3, -0.25) is 4.79 Å². The van der Waals surface area contributed by atoms with Crippen molar-refractivity contribution in [2.75, 3.05) is 11.9 Å². The zero-order chi connectivity index (χ0) is 20.6. The maximum absolute atomic E-state index is 12.6. The first kappa shape index (κ1) is 20.7. The lowest BCUT2D eigenvalue weighted by atomic mass is 10.3. The lowest BCUT2D eigenvalue weighted by molar-refractivity contribution is -0.705. The molecule has 1 amide bonds. The molecule has 3 aromatic rings. The van der Waals surface area contributed by atoms with E-state index in [1.165, 1.54) is 4.68 Å². The number of nitrogens with one attached hydrogen (secondary N) is 1. The molecule has 152 valence electrons. The minimum atomic E-state index is -0.577. The molecule has 0 saturated carbocycles. The smallest absolute Gasteiger partial charge is 0.298 e. The maximum atomic E-state index is 12.6. The fraction of sp³-hybridized carbons (Fsp3) is 0.286. The molecule has 29 heavy (non-hydrogen) atoms. The summed E-state index contributed by atoms with van der Waals surface area (Å²) >= 11 is 1.10. The van der Waals surface area contributed by atoms with E-state index in [4.69, 9.17) is 9.26 Å². The van der Waals surface area contributed by atoms with Crippen LogP contribution in [0.5, 0.6) is 11.7 Å². The van der Waals surface area contributed by atoms with E-state index in [0.29, 0.717) is 18.0 Å². The number of ether oxygens (including phenoxy) is 1. The van der Waals surface area contributed by atoms with Gasteiger partial charge in [0, 0.05) is 17.8 Å². The second-order valence-electron chi connectivity index (χ2n) is 6.39. The summed E-state index contributed by atoms with van der Waals surface area (Å²) in [7, 11) is 0. The predicted molar refractivity (Wildman–Crippen MR) is 108 cm³/mol. The number of carbonyl (C=O) groups is 1. The van der Waals surface area contributed by atoms with E-state index in [1.54, 1.807) is 31.2 Å². The van der Waals surface area contributed by atoms with Gasteiger partial charge < -0.3 is 19.7 Å². The van der Waals surface area contributed by atoms with Crippen molar-refractivity contribution in [3.8, 4) is 17.4 Å². The molecule has 2 aromatic carbocycles. The maximum Gasteiger partial charge on any atom is 0.298 e. The van der Waals surface area contributed by atoms with Crippen molar-refractivity contribution in [2.45, 2.75) is 37.0 Å². The predicted octanol–water partition coefficient (Wildman–Crippen LogP) is 3.32. The van der Waals surface area contributed by atoms with Crippen LogP contribution in [0, 0.1) is 0 Å². The van der Waals surface area contributed by atoms with Gasteiger partial charge in [-0.25, -0.2) is 0 Å². The van der Waals surface area contributed by atoms with E-state index in [0.717, 1.165) is 30.4 Å². The Balaban J connectivity index is 1.62.